The zero-order chi connectivity index (χ0) is 14.2. The molecular formula is C15H20BrN3O. The lowest BCUT2D eigenvalue weighted by molar-refractivity contribution is 0.199. The van der Waals surface area contributed by atoms with Crippen LogP contribution in [0, 0.1) is 0 Å². The topological polar surface area (TPSA) is 39.1 Å². The van der Waals surface area contributed by atoms with E-state index in [1.165, 1.54) is 5.56 Å². The van der Waals surface area contributed by atoms with Gasteiger partial charge in [0.25, 0.3) is 0 Å². The van der Waals surface area contributed by atoms with Gasteiger partial charge in [0.15, 0.2) is 0 Å². The summed E-state index contributed by atoms with van der Waals surface area (Å²) >= 11 is 3.48. The third kappa shape index (κ3) is 4.74. The third-order valence-corrected chi connectivity index (χ3v) is 3.50. The van der Waals surface area contributed by atoms with Crippen molar-refractivity contribution in [2.45, 2.75) is 12.8 Å². The molecule has 0 aliphatic heterocycles. The van der Waals surface area contributed by atoms with Gasteiger partial charge < -0.3 is 10.1 Å². The van der Waals surface area contributed by atoms with E-state index in [2.05, 4.69) is 38.6 Å². The first-order chi connectivity index (χ1) is 9.79. The van der Waals surface area contributed by atoms with Gasteiger partial charge in [0.1, 0.15) is 0 Å². The normalized spacial score (nSPS) is 10.9. The zero-order valence-corrected chi connectivity index (χ0v) is 13.3. The molecule has 0 aliphatic carbocycles. The van der Waals surface area contributed by atoms with Gasteiger partial charge in [-0.15, -0.1) is 0 Å². The molecule has 0 unspecified atom stereocenters. The van der Waals surface area contributed by atoms with Crippen molar-refractivity contribution in [3.05, 3.63) is 46.7 Å². The lowest BCUT2D eigenvalue weighted by atomic mass is 10.2. The number of nitrogens with one attached hydrogen (secondary N) is 1. The summed E-state index contributed by atoms with van der Waals surface area (Å²) in [4.78, 5) is 0. The molecule has 1 N–H and O–H groups in total. The fraction of sp³-hybridized carbons (Fsp3) is 0.400. The minimum absolute atomic E-state index is 0.765. The van der Waals surface area contributed by atoms with Gasteiger partial charge in [-0.3, -0.25) is 0 Å². The van der Waals surface area contributed by atoms with Crippen molar-refractivity contribution >= 4 is 15.9 Å². The van der Waals surface area contributed by atoms with Gasteiger partial charge in [0.2, 0.25) is 0 Å². The molecule has 0 spiro atoms. The maximum absolute atomic E-state index is 4.99. The zero-order valence-electron chi connectivity index (χ0n) is 11.7. The van der Waals surface area contributed by atoms with Gasteiger partial charge in [0, 0.05) is 24.3 Å². The number of hydrogen-bond acceptors (Lipinski definition) is 3. The Morgan fingerprint density at radius 2 is 2.25 bits per heavy atom. The van der Waals surface area contributed by atoms with E-state index in [1.807, 2.05) is 29.1 Å². The number of benzene rings is 1. The van der Waals surface area contributed by atoms with Gasteiger partial charge in [-0.1, -0.05) is 22.0 Å². The van der Waals surface area contributed by atoms with Crippen LogP contribution < -0.4 is 5.32 Å². The molecule has 2 aromatic rings. The minimum atomic E-state index is 0.765. The van der Waals surface area contributed by atoms with Crippen molar-refractivity contribution in [1.82, 2.24) is 15.1 Å². The molecule has 4 nitrogen and oxygen atoms in total. The number of halogens is 1. The first kappa shape index (κ1) is 15.2. The van der Waals surface area contributed by atoms with Crippen molar-refractivity contribution in [3.8, 4) is 5.69 Å². The fourth-order valence-corrected chi connectivity index (χ4v) is 2.35. The molecule has 1 aromatic heterocycles. The van der Waals surface area contributed by atoms with Crippen LogP contribution in [0.1, 0.15) is 12.0 Å². The summed E-state index contributed by atoms with van der Waals surface area (Å²) in [5.74, 6) is 0. The number of hydrogen-bond donors (Lipinski definition) is 1. The Morgan fingerprint density at radius 3 is 3.05 bits per heavy atom. The highest BCUT2D eigenvalue weighted by molar-refractivity contribution is 9.10. The molecule has 108 valence electrons. The van der Waals surface area contributed by atoms with E-state index in [4.69, 9.17) is 4.74 Å². The van der Waals surface area contributed by atoms with Crippen LogP contribution in [0.25, 0.3) is 5.69 Å². The van der Waals surface area contributed by atoms with Crippen LogP contribution in [0.5, 0.6) is 0 Å². The average Bonchev–Trinajstić information content (AvgIpc) is 2.91. The van der Waals surface area contributed by atoms with E-state index in [9.17, 15) is 0 Å². The van der Waals surface area contributed by atoms with Gasteiger partial charge >= 0.3 is 0 Å². The van der Waals surface area contributed by atoms with E-state index in [0.29, 0.717) is 0 Å². The highest BCUT2D eigenvalue weighted by atomic mass is 79.9. The van der Waals surface area contributed by atoms with Gasteiger partial charge in [-0.2, -0.15) is 5.10 Å². The standard InChI is InChI=1S/C15H20BrN3O/c1-20-9-8-17-7-3-4-13-11-18-19(12-13)15-6-2-5-14(16)10-15/h2,5-6,10-12,17H,3-4,7-9H2,1H3. The highest BCUT2D eigenvalue weighted by Crippen LogP contribution is 2.15. The monoisotopic (exact) mass is 337 g/mol. The maximum Gasteiger partial charge on any atom is 0.0656 e. The van der Waals surface area contributed by atoms with E-state index in [1.54, 1.807) is 7.11 Å². The average molecular weight is 338 g/mol. The molecule has 1 heterocycles. The molecule has 0 amide bonds. The minimum Gasteiger partial charge on any atom is -0.383 e. The van der Waals surface area contributed by atoms with Crippen molar-refractivity contribution in [1.29, 1.82) is 0 Å². The van der Waals surface area contributed by atoms with Gasteiger partial charge in [-0.05, 0) is 43.1 Å². The van der Waals surface area contributed by atoms with E-state index >= 15 is 0 Å². The first-order valence-electron chi connectivity index (χ1n) is 6.79. The van der Waals surface area contributed by atoms with Crippen LogP contribution in [-0.4, -0.2) is 36.6 Å². The molecule has 0 saturated carbocycles. The van der Waals surface area contributed by atoms with Crippen LogP contribution in [0.2, 0.25) is 0 Å². The Morgan fingerprint density at radius 1 is 1.35 bits per heavy atom. The summed E-state index contributed by atoms with van der Waals surface area (Å²) in [5, 5.41) is 7.76. The summed E-state index contributed by atoms with van der Waals surface area (Å²) in [6, 6.07) is 8.14. The second-order valence-electron chi connectivity index (χ2n) is 4.62. The van der Waals surface area contributed by atoms with Crippen molar-refractivity contribution < 1.29 is 4.74 Å². The van der Waals surface area contributed by atoms with E-state index in [-0.39, 0.29) is 0 Å². The molecule has 0 aliphatic rings. The summed E-state index contributed by atoms with van der Waals surface area (Å²) in [5.41, 5.74) is 2.34. The number of nitrogens with zero attached hydrogens (tertiary/aromatic N) is 2. The second-order valence-corrected chi connectivity index (χ2v) is 5.54. The summed E-state index contributed by atoms with van der Waals surface area (Å²) in [6.45, 7) is 2.68. The van der Waals surface area contributed by atoms with Crippen molar-refractivity contribution in [3.63, 3.8) is 0 Å². The number of aromatic nitrogens is 2. The Bertz CT molecular complexity index is 527. The Balaban J connectivity index is 1.80. The van der Waals surface area contributed by atoms with Crippen molar-refractivity contribution in [2.75, 3.05) is 26.8 Å². The number of aryl methyl sites for hydroxylation is 1. The van der Waals surface area contributed by atoms with Crippen LogP contribution in [0.3, 0.4) is 0 Å². The van der Waals surface area contributed by atoms with Gasteiger partial charge in [0.05, 0.1) is 18.5 Å². The Hall–Kier alpha value is -1.17. The lowest BCUT2D eigenvalue weighted by Gasteiger charge is -2.03. The molecule has 20 heavy (non-hydrogen) atoms. The predicted molar refractivity (Wildman–Crippen MR) is 84.3 cm³/mol. The molecule has 5 heteroatoms. The van der Waals surface area contributed by atoms with Crippen LogP contribution >= 0.6 is 15.9 Å². The Labute approximate surface area is 128 Å². The van der Waals surface area contributed by atoms with Crippen LogP contribution in [0.15, 0.2) is 41.1 Å². The summed E-state index contributed by atoms with van der Waals surface area (Å²) in [6.07, 6.45) is 6.18. The SMILES string of the molecule is COCCNCCCc1cnn(-c2cccc(Br)c2)c1. The molecular weight excluding hydrogens is 318 g/mol. The molecule has 0 atom stereocenters. The summed E-state index contributed by atoms with van der Waals surface area (Å²) in [7, 11) is 1.72. The number of rotatable bonds is 8. The fourth-order valence-electron chi connectivity index (χ4n) is 1.97. The highest BCUT2D eigenvalue weighted by Gasteiger charge is 2.01. The molecule has 0 saturated heterocycles. The van der Waals surface area contributed by atoms with Crippen LogP contribution in [0.4, 0.5) is 0 Å². The molecule has 0 radical (unpaired) electrons. The molecule has 1 aromatic carbocycles. The lowest BCUT2D eigenvalue weighted by Crippen LogP contribution is -2.20. The first-order valence-corrected chi connectivity index (χ1v) is 7.58. The molecule has 0 bridgehead atoms. The molecule has 2 rings (SSSR count). The maximum atomic E-state index is 4.99. The summed E-state index contributed by atoms with van der Waals surface area (Å²) < 4.78 is 7.97. The number of ether oxygens (including phenoxy) is 1. The van der Waals surface area contributed by atoms with Gasteiger partial charge in [-0.25, -0.2) is 4.68 Å². The second kappa shape index (κ2) is 8.19. The smallest absolute Gasteiger partial charge is 0.0656 e. The van der Waals surface area contributed by atoms with E-state index in [0.717, 1.165) is 42.7 Å². The largest absolute Gasteiger partial charge is 0.383 e. The number of methoxy groups -OCH3 is 1. The predicted octanol–water partition coefficient (Wildman–Crippen LogP) is 2.80. The van der Waals surface area contributed by atoms with E-state index < -0.39 is 0 Å². The Kier molecular flexibility index (Phi) is 6.24. The van der Waals surface area contributed by atoms with Crippen molar-refractivity contribution in [2.24, 2.45) is 0 Å². The third-order valence-electron chi connectivity index (χ3n) is 3.01. The molecule has 0 fully saturated rings. The van der Waals surface area contributed by atoms with Crippen LogP contribution in [-0.2, 0) is 11.2 Å². The quantitative estimate of drug-likeness (QED) is 0.753.